The topological polar surface area (TPSA) is 46.3 Å². The van der Waals surface area contributed by atoms with Crippen LogP contribution in [0, 0.1) is 11.6 Å². The first kappa shape index (κ1) is 14.9. The summed E-state index contributed by atoms with van der Waals surface area (Å²) < 4.78 is 27.5. The van der Waals surface area contributed by atoms with Crippen molar-refractivity contribution in [3.63, 3.8) is 0 Å². The molecule has 1 fully saturated rings. The molecule has 1 aliphatic carbocycles. The lowest BCUT2D eigenvalue weighted by atomic mass is 10.1. The Morgan fingerprint density at radius 1 is 1.25 bits per heavy atom. The summed E-state index contributed by atoms with van der Waals surface area (Å²) >= 11 is 0. The molecule has 20 heavy (non-hydrogen) atoms. The first-order chi connectivity index (χ1) is 9.65. The number of nitrogens with two attached hydrogens (primary N) is 1. The van der Waals surface area contributed by atoms with E-state index in [0.29, 0.717) is 19.5 Å². The second-order valence-electron chi connectivity index (χ2n) is 5.18. The second kappa shape index (κ2) is 6.79. The van der Waals surface area contributed by atoms with E-state index in [0.717, 1.165) is 37.8 Å². The minimum absolute atomic E-state index is 0.0769. The van der Waals surface area contributed by atoms with Crippen molar-refractivity contribution in [3.8, 4) is 0 Å². The van der Waals surface area contributed by atoms with Gasteiger partial charge in [0.05, 0.1) is 0 Å². The minimum atomic E-state index is -0.800. The molecule has 2 rings (SSSR count). The lowest BCUT2D eigenvalue weighted by Gasteiger charge is -2.29. The van der Waals surface area contributed by atoms with Crippen LogP contribution >= 0.6 is 0 Å². The van der Waals surface area contributed by atoms with Crippen LogP contribution in [0.25, 0.3) is 0 Å². The smallest absolute Gasteiger partial charge is 0.260 e. The predicted octanol–water partition coefficient (Wildman–Crippen LogP) is 2.70. The molecule has 1 aliphatic rings. The van der Waals surface area contributed by atoms with Crippen molar-refractivity contribution in [2.45, 2.75) is 38.1 Å². The number of benzene rings is 1. The molecule has 2 N–H and O–H groups in total. The second-order valence-corrected chi connectivity index (χ2v) is 5.18. The third kappa shape index (κ3) is 3.15. The van der Waals surface area contributed by atoms with E-state index in [1.54, 1.807) is 4.90 Å². The van der Waals surface area contributed by atoms with E-state index >= 15 is 0 Å². The molecule has 1 aromatic rings. The van der Waals surface area contributed by atoms with Crippen LogP contribution in [0.15, 0.2) is 18.2 Å². The van der Waals surface area contributed by atoms with Crippen LogP contribution < -0.4 is 5.73 Å². The summed E-state index contributed by atoms with van der Waals surface area (Å²) in [6, 6.07) is 3.58. The number of amides is 1. The Hall–Kier alpha value is -1.49. The molecule has 1 aromatic carbocycles. The van der Waals surface area contributed by atoms with E-state index in [1.165, 1.54) is 6.07 Å². The Morgan fingerprint density at radius 2 is 1.85 bits per heavy atom. The number of halogens is 2. The van der Waals surface area contributed by atoms with Gasteiger partial charge >= 0.3 is 0 Å². The molecule has 0 spiro atoms. The van der Waals surface area contributed by atoms with E-state index in [9.17, 15) is 13.6 Å². The standard InChI is InChI=1S/C15H20F2N2O/c16-12-7-3-8-13(17)14(12)15(20)19(10-4-9-18)11-5-1-2-6-11/h3,7-8,11H,1-2,4-6,9-10,18H2. The average molecular weight is 282 g/mol. The van der Waals surface area contributed by atoms with E-state index in [-0.39, 0.29) is 6.04 Å². The Kier molecular flexibility index (Phi) is 5.06. The van der Waals surface area contributed by atoms with Crippen LogP contribution in [0.3, 0.4) is 0 Å². The molecule has 0 aromatic heterocycles. The van der Waals surface area contributed by atoms with Crippen molar-refractivity contribution in [1.29, 1.82) is 0 Å². The van der Waals surface area contributed by atoms with Gasteiger partial charge in [-0.25, -0.2) is 8.78 Å². The Morgan fingerprint density at radius 3 is 2.40 bits per heavy atom. The molecule has 0 atom stereocenters. The lowest BCUT2D eigenvalue weighted by Crippen LogP contribution is -2.41. The van der Waals surface area contributed by atoms with E-state index < -0.39 is 23.1 Å². The summed E-state index contributed by atoms with van der Waals surface area (Å²) in [6.45, 7) is 0.907. The molecule has 3 nitrogen and oxygen atoms in total. The largest absolute Gasteiger partial charge is 0.335 e. The van der Waals surface area contributed by atoms with Crippen LogP contribution in [-0.4, -0.2) is 29.9 Å². The van der Waals surface area contributed by atoms with Gasteiger partial charge in [-0.05, 0) is 37.9 Å². The van der Waals surface area contributed by atoms with Gasteiger partial charge in [0.1, 0.15) is 17.2 Å². The molecule has 110 valence electrons. The van der Waals surface area contributed by atoms with E-state index in [4.69, 9.17) is 5.73 Å². The van der Waals surface area contributed by atoms with Crippen molar-refractivity contribution in [2.24, 2.45) is 5.73 Å². The third-order valence-corrected chi connectivity index (χ3v) is 3.81. The summed E-state index contributed by atoms with van der Waals surface area (Å²) in [4.78, 5) is 14.1. The quantitative estimate of drug-likeness (QED) is 0.902. The van der Waals surface area contributed by atoms with Crippen molar-refractivity contribution >= 4 is 5.91 Å². The fourth-order valence-corrected chi connectivity index (χ4v) is 2.77. The third-order valence-electron chi connectivity index (χ3n) is 3.81. The zero-order chi connectivity index (χ0) is 14.5. The summed E-state index contributed by atoms with van der Waals surface area (Å²) in [5.41, 5.74) is 5.04. The van der Waals surface area contributed by atoms with Gasteiger partial charge in [-0.2, -0.15) is 0 Å². The van der Waals surface area contributed by atoms with E-state index in [2.05, 4.69) is 0 Å². The normalized spacial score (nSPS) is 15.6. The first-order valence-corrected chi connectivity index (χ1v) is 7.10. The van der Waals surface area contributed by atoms with Gasteiger partial charge in [0, 0.05) is 12.6 Å². The zero-order valence-electron chi connectivity index (χ0n) is 11.4. The van der Waals surface area contributed by atoms with Crippen LogP contribution in [0.1, 0.15) is 42.5 Å². The molecule has 5 heteroatoms. The Labute approximate surface area is 117 Å². The molecule has 1 amide bonds. The maximum Gasteiger partial charge on any atom is 0.260 e. The molecule has 0 aliphatic heterocycles. The first-order valence-electron chi connectivity index (χ1n) is 7.10. The highest BCUT2D eigenvalue weighted by atomic mass is 19.1. The number of rotatable bonds is 5. The Balaban J connectivity index is 2.25. The van der Waals surface area contributed by atoms with Crippen LogP contribution in [0.2, 0.25) is 0 Å². The molecule has 1 saturated carbocycles. The fraction of sp³-hybridized carbons (Fsp3) is 0.533. The highest BCUT2D eigenvalue weighted by molar-refractivity contribution is 5.95. The van der Waals surface area contributed by atoms with Gasteiger partial charge < -0.3 is 10.6 Å². The molecule has 0 bridgehead atoms. The average Bonchev–Trinajstić information content (AvgIpc) is 2.93. The van der Waals surface area contributed by atoms with Gasteiger partial charge in [-0.1, -0.05) is 18.9 Å². The summed E-state index contributed by atoms with van der Waals surface area (Å²) in [6.07, 6.45) is 4.53. The van der Waals surface area contributed by atoms with Crippen molar-refractivity contribution in [2.75, 3.05) is 13.1 Å². The maximum absolute atomic E-state index is 13.8. The summed E-state index contributed by atoms with van der Waals surface area (Å²) in [7, 11) is 0. The molecular weight excluding hydrogens is 262 g/mol. The molecular formula is C15H20F2N2O. The fourth-order valence-electron chi connectivity index (χ4n) is 2.77. The lowest BCUT2D eigenvalue weighted by molar-refractivity contribution is 0.0670. The van der Waals surface area contributed by atoms with Crippen molar-refractivity contribution in [3.05, 3.63) is 35.4 Å². The summed E-state index contributed by atoms with van der Waals surface area (Å²) in [5, 5.41) is 0. The number of carbonyl (C=O) groups is 1. The molecule has 0 unspecified atom stereocenters. The van der Waals surface area contributed by atoms with Crippen LogP contribution in [-0.2, 0) is 0 Å². The van der Waals surface area contributed by atoms with Gasteiger partial charge in [0.25, 0.3) is 5.91 Å². The number of hydrogen-bond donors (Lipinski definition) is 1. The Bertz CT molecular complexity index is 453. The highest BCUT2D eigenvalue weighted by Gasteiger charge is 2.30. The SMILES string of the molecule is NCCCN(C(=O)c1c(F)cccc1F)C1CCCC1. The predicted molar refractivity (Wildman–Crippen MR) is 73.3 cm³/mol. The molecule has 0 saturated heterocycles. The number of hydrogen-bond acceptors (Lipinski definition) is 2. The van der Waals surface area contributed by atoms with E-state index in [1.807, 2.05) is 0 Å². The minimum Gasteiger partial charge on any atom is -0.335 e. The van der Waals surface area contributed by atoms with Crippen LogP contribution in [0.4, 0.5) is 8.78 Å². The van der Waals surface area contributed by atoms with Gasteiger partial charge in [-0.3, -0.25) is 4.79 Å². The highest BCUT2D eigenvalue weighted by Crippen LogP contribution is 2.26. The zero-order valence-corrected chi connectivity index (χ0v) is 11.4. The number of nitrogens with zero attached hydrogens (tertiary/aromatic N) is 1. The van der Waals surface area contributed by atoms with Crippen LogP contribution in [0.5, 0.6) is 0 Å². The van der Waals surface area contributed by atoms with Gasteiger partial charge in [0.2, 0.25) is 0 Å². The summed E-state index contributed by atoms with van der Waals surface area (Å²) in [5.74, 6) is -2.16. The van der Waals surface area contributed by atoms with Gasteiger partial charge in [0.15, 0.2) is 0 Å². The monoisotopic (exact) mass is 282 g/mol. The van der Waals surface area contributed by atoms with Crippen molar-refractivity contribution < 1.29 is 13.6 Å². The van der Waals surface area contributed by atoms with Crippen molar-refractivity contribution in [1.82, 2.24) is 4.90 Å². The maximum atomic E-state index is 13.8. The molecule has 0 heterocycles. The van der Waals surface area contributed by atoms with Gasteiger partial charge in [-0.15, -0.1) is 0 Å². The molecule has 0 radical (unpaired) electrons. The number of carbonyl (C=O) groups excluding carboxylic acids is 1.